The van der Waals surface area contributed by atoms with Crippen LogP contribution in [0.25, 0.3) is 6.08 Å². The minimum absolute atomic E-state index is 0.0823. The molecule has 0 unspecified atom stereocenters. The van der Waals surface area contributed by atoms with Gasteiger partial charge in [-0.2, -0.15) is 0 Å². The molecule has 1 heterocycles. The van der Waals surface area contributed by atoms with Gasteiger partial charge in [0.15, 0.2) is 0 Å². The van der Waals surface area contributed by atoms with Gasteiger partial charge in [0.1, 0.15) is 6.20 Å². The molecular formula is C10H8N2O4. The Kier molecular flexibility index (Phi) is 2.40. The van der Waals surface area contributed by atoms with Gasteiger partial charge in [-0.05, 0) is 6.08 Å². The average molecular weight is 220 g/mol. The fourth-order valence-electron chi connectivity index (χ4n) is 1.55. The summed E-state index contributed by atoms with van der Waals surface area (Å²) in [6.07, 6.45) is 3.12. The molecule has 0 aliphatic heterocycles. The molecule has 0 aromatic carbocycles. The maximum Gasteiger partial charge on any atom is 0.334 e. The van der Waals surface area contributed by atoms with Crippen molar-refractivity contribution in [2.45, 2.75) is 6.42 Å². The van der Waals surface area contributed by atoms with E-state index < -0.39 is 10.9 Å². The van der Waals surface area contributed by atoms with Crippen molar-refractivity contribution in [3.05, 3.63) is 39.2 Å². The Bertz CT molecular complexity index is 508. The zero-order valence-corrected chi connectivity index (χ0v) is 8.47. The molecule has 0 atom stereocenters. The number of hydrogen-bond donors (Lipinski definition) is 0. The molecule has 6 heteroatoms. The van der Waals surface area contributed by atoms with E-state index in [1.165, 1.54) is 19.4 Å². The largest absolute Gasteiger partial charge is 0.466 e. The van der Waals surface area contributed by atoms with E-state index in [4.69, 9.17) is 0 Å². The first kappa shape index (κ1) is 10.3. The van der Waals surface area contributed by atoms with E-state index in [2.05, 4.69) is 9.72 Å². The quantitative estimate of drug-likeness (QED) is 0.423. The smallest absolute Gasteiger partial charge is 0.334 e. The highest BCUT2D eigenvalue weighted by Crippen LogP contribution is 2.26. The number of pyridine rings is 1. The van der Waals surface area contributed by atoms with E-state index in [-0.39, 0.29) is 5.69 Å². The third-order valence-corrected chi connectivity index (χ3v) is 2.34. The van der Waals surface area contributed by atoms with Gasteiger partial charge in [-0.25, -0.2) is 4.79 Å². The van der Waals surface area contributed by atoms with Crippen molar-refractivity contribution >= 4 is 17.7 Å². The van der Waals surface area contributed by atoms with Crippen molar-refractivity contribution in [1.82, 2.24) is 4.98 Å². The summed E-state index contributed by atoms with van der Waals surface area (Å²) in [7, 11) is 1.29. The molecule has 0 saturated carbocycles. The van der Waals surface area contributed by atoms with Gasteiger partial charge in [0, 0.05) is 23.6 Å². The highest BCUT2D eigenvalue weighted by atomic mass is 16.6. The Hall–Kier alpha value is -2.24. The van der Waals surface area contributed by atoms with Crippen LogP contribution in [0.4, 0.5) is 5.69 Å². The van der Waals surface area contributed by atoms with Crippen LogP contribution in [0.5, 0.6) is 0 Å². The van der Waals surface area contributed by atoms with Crippen LogP contribution >= 0.6 is 0 Å². The van der Waals surface area contributed by atoms with Gasteiger partial charge in [0.25, 0.3) is 5.69 Å². The molecule has 1 aromatic rings. The third-order valence-electron chi connectivity index (χ3n) is 2.34. The Morgan fingerprint density at radius 2 is 2.38 bits per heavy atom. The number of hydrogen-bond acceptors (Lipinski definition) is 5. The maximum atomic E-state index is 11.2. The molecule has 82 valence electrons. The monoisotopic (exact) mass is 220 g/mol. The minimum atomic E-state index is -0.517. The minimum Gasteiger partial charge on any atom is -0.466 e. The van der Waals surface area contributed by atoms with E-state index in [9.17, 15) is 14.9 Å². The fourth-order valence-corrected chi connectivity index (χ4v) is 1.55. The summed E-state index contributed by atoms with van der Waals surface area (Å²) in [5.74, 6) is -0.430. The lowest BCUT2D eigenvalue weighted by Crippen LogP contribution is -2.04. The van der Waals surface area contributed by atoms with Gasteiger partial charge in [0.05, 0.1) is 17.7 Å². The van der Waals surface area contributed by atoms with Crippen LogP contribution in [0.15, 0.2) is 17.8 Å². The van der Waals surface area contributed by atoms with E-state index in [0.717, 1.165) is 0 Å². The van der Waals surface area contributed by atoms with E-state index in [0.29, 0.717) is 23.3 Å². The van der Waals surface area contributed by atoms with Crippen LogP contribution in [-0.2, 0) is 16.0 Å². The zero-order valence-electron chi connectivity index (χ0n) is 8.47. The molecule has 1 aliphatic carbocycles. The standard InChI is InChI=1S/C10H8N2O4/c1-16-10(13)7-2-6-3-8(12(14)15)5-11-9(6)4-7/h2-3,5H,4H2,1H3. The summed E-state index contributed by atoms with van der Waals surface area (Å²) in [5, 5.41) is 10.5. The zero-order chi connectivity index (χ0) is 11.7. The molecule has 0 fully saturated rings. The van der Waals surface area contributed by atoms with Gasteiger partial charge in [-0.15, -0.1) is 0 Å². The molecule has 16 heavy (non-hydrogen) atoms. The average Bonchev–Trinajstić information content (AvgIpc) is 2.70. The predicted molar refractivity (Wildman–Crippen MR) is 54.6 cm³/mol. The summed E-state index contributed by atoms with van der Waals surface area (Å²) in [6.45, 7) is 0. The third kappa shape index (κ3) is 1.65. The number of nitrogens with zero attached hydrogens (tertiary/aromatic N) is 2. The van der Waals surface area contributed by atoms with Gasteiger partial charge in [-0.1, -0.05) is 0 Å². The number of aromatic nitrogens is 1. The number of ether oxygens (including phenoxy) is 1. The van der Waals surface area contributed by atoms with Crippen LogP contribution in [-0.4, -0.2) is 23.0 Å². The molecular weight excluding hydrogens is 212 g/mol. The summed E-state index contributed by atoms with van der Waals surface area (Å²) in [4.78, 5) is 25.2. The van der Waals surface area contributed by atoms with Crippen LogP contribution in [0.1, 0.15) is 11.3 Å². The second-order valence-electron chi connectivity index (χ2n) is 3.32. The van der Waals surface area contributed by atoms with Crippen LogP contribution in [0, 0.1) is 10.1 Å². The fraction of sp³-hybridized carbons (Fsp3) is 0.200. The second kappa shape index (κ2) is 3.73. The molecule has 0 spiro atoms. The van der Waals surface area contributed by atoms with E-state index in [1.54, 1.807) is 6.08 Å². The number of esters is 1. The first-order valence-corrected chi connectivity index (χ1v) is 4.54. The Balaban J connectivity index is 2.36. The molecule has 0 saturated heterocycles. The van der Waals surface area contributed by atoms with Crippen molar-refractivity contribution in [2.24, 2.45) is 0 Å². The maximum absolute atomic E-state index is 11.2. The van der Waals surface area contributed by atoms with E-state index >= 15 is 0 Å². The summed E-state index contributed by atoms with van der Waals surface area (Å²) in [6, 6.07) is 1.40. The predicted octanol–water partition coefficient (Wildman–Crippen LogP) is 1.10. The van der Waals surface area contributed by atoms with Gasteiger partial charge in [-0.3, -0.25) is 15.1 Å². The second-order valence-corrected chi connectivity index (χ2v) is 3.32. The topological polar surface area (TPSA) is 82.3 Å². The van der Waals surface area contributed by atoms with Crippen LogP contribution < -0.4 is 0 Å². The molecule has 6 nitrogen and oxygen atoms in total. The molecule has 2 rings (SSSR count). The normalized spacial score (nSPS) is 12.9. The van der Waals surface area contributed by atoms with Crippen LogP contribution in [0.2, 0.25) is 0 Å². The summed E-state index contributed by atoms with van der Waals surface area (Å²) < 4.78 is 4.57. The number of nitro groups is 1. The lowest BCUT2D eigenvalue weighted by Gasteiger charge is -1.97. The lowest BCUT2D eigenvalue weighted by atomic mass is 10.2. The van der Waals surface area contributed by atoms with Crippen molar-refractivity contribution in [3.63, 3.8) is 0 Å². The number of carbonyl (C=O) groups is 1. The summed E-state index contributed by atoms with van der Waals surface area (Å²) >= 11 is 0. The molecule has 0 bridgehead atoms. The molecule has 0 radical (unpaired) electrons. The van der Waals surface area contributed by atoms with Crippen molar-refractivity contribution < 1.29 is 14.5 Å². The van der Waals surface area contributed by atoms with E-state index in [1.807, 2.05) is 0 Å². The molecule has 0 amide bonds. The van der Waals surface area contributed by atoms with Crippen molar-refractivity contribution in [2.75, 3.05) is 7.11 Å². The first-order valence-electron chi connectivity index (χ1n) is 4.54. The number of rotatable bonds is 2. The molecule has 0 N–H and O–H groups in total. The van der Waals surface area contributed by atoms with Gasteiger partial charge < -0.3 is 4.74 Å². The first-order chi connectivity index (χ1) is 7.61. The number of methoxy groups -OCH3 is 1. The number of fused-ring (bicyclic) bond motifs is 1. The number of carbonyl (C=O) groups excluding carboxylic acids is 1. The summed E-state index contributed by atoms with van der Waals surface area (Å²) in [5.41, 5.74) is 1.65. The molecule has 1 aromatic heterocycles. The molecule has 1 aliphatic rings. The SMILES string of the molecule is COC(=O)C1=Cc2cc([N+](=O)[O-])cnc2C1. The van der Waals surface area contributed by atoms with Crippen molar-refractivity contribution in [3.8, 4) is 0 Å². The highest BCUT2D eigenvalue weighted by Gasteiger charge is 2.22. The van der Waals surface area contributed by atoms with Crippen molar-refractivity contribution in [1.29, 1.82) is 0 Å². The Morgan fingerprint density at radius 1 is 1.62 bits per heavy atom. The Morgan fingerprint density at radius 3 is 3.00 bits per heavy atom. The lowest BCUT2D eigenvalue weighted by molar-refractivity contribution is -0.385. The Labute approximate surface area is 90.7 Å². The van der Waals surface area contributed by atoms with Crippen LogP contribution in [0.3, 0.4) is 0 Å². The van der Waals surface area contributed by atoms with Gasteiger partial charge in [0.2, 0.25) is 0 Å². The van der Waals surface area contributed by atoms with Gasteiger partial charge >= 0.3 is 5.97 Å². The highest BCUT2D eigenvalue weighted by molar-refractivity contribution is 5.96.